The molecular formula is C13H24F2N2O2. The van der Waals surface area contributed by atoms with Crippen LogP contribution in [0.15, 0.2) is 0 Å². The minimum absolute atomic E-state index is 0.0103. The molecule has 0 aliphatic carbocycles. The van der Waals surface area contributed by atoms with Gasteiger partial charge in [0.05, 0.1) is 13.0 Å². The number of hydrogen-bond acceptors (Lipinski definition) is 3. The minimum atomic E-state index is -2.46. The lowest BCUT2D eigenvalue weighted by molar-refractivity contribution is -0.134. The summed E-state index contributed by atoms with van der Waals surface area (Å²) in [7, 11) is 0. The first-order chi connectivity index (χ1) is 9.13. The van der Waals surface area contributed by atoms with Crippen LogP contribution in [0.4, 0.5) is 8.78 Å². The SMILES string of the molecule is CCNCC1CCN(C(=O)CCOCC(F)F)CC1. The third-order valence-electron chi connectivity index (χ3n) is 3.35. The second-order valence-electron chi connectivity index (χ2n) is 4.85. The molecule has 0 radical (unpaired) electrons. The molecule has 19 heavy (non-hydrogen) atoms. The van der Waals surface area contributed by atoms with Crippen LogP contribution in [0.1, 0.15) is 26.2 Å². The fourth-order valence-corrected chi connectivity index (χ4v) is 2.22. The molecule has 0 atom stereocenters. The molecule has 0 saturated carbocycles. The maximum Gasteiger partial charge on any atom is 0.261 e. The molecule has 1 heterocycles. The second kappa shape index (κ2) is 9.20. The number of hydrogen-bond donors (Lipinski definition) is 1. The monoisotopic (exact) mass is 278 g/mol. The molecule has 1 aliphatic rings. The summed E-state index contributed by atoms with van der Waals surface area (Å²) in [6.45, 7) is 5.10. The number of likely N-dealkylation sites (tertiary alicyclic amines) is 1. The summed E-state index contributed by atoms with van der Waals surface area (Å²) in [5.74, 6) is 0.648. The Kier molecular flexibility index (Phi) is 7.90. The van der Waals surface area contributed by atoms with Gasteiger partial charge in [0, 0.05) is 13.1 Å². The minimum Gasteiger partial charge on any atom is -0.375 e. The van der Waals surface area contributed by atoms with Crippen LogP contribution in [0.25, 0.3) is 0 Å². The van der Waals surface area contributed by atoms with E-state index in [0.29, 0.717) is 5.92 Å². The van der Waals surface area contributed by atoms with Crippen LogP contribution in [-0.2, 0) is 9.53 Å². The Hall–Kier alpha value is -0.750. The van der Waals surface area contributed by atoms with Crippen molar-refractivity contribution in [3.8, 4) is 0 Å². The Morgan fingerprint density at radius 1 is 1.42 bits per heavy atom. The molecule has 112 valence electrons. The van der Waals surface area contributed by atoms with Crippen LogP contribution < -0.4 is 5.32 Å². The van der Waals surface area contributed by atoms with Crippen molar-refractivity contribution >= 4 is 5.91 Å². The number of ether oxygens (including phenoxy) is 1. The number of rotatable bonds is 8. The molecule has 1 fully saturated rings. The van der Waals surface area contributed by atoms with Gasteiger partial charge in [0.25, 0.3) is 6.43 Å². The topological polar surface area (TPSA) is 41.6 Å². The zero-order chi connectivity index (χ0) is 14.1. The van der Waals surface area contributed by atoms with Crippen molar-refractivity contribution in [3.63, 3.8) is 0 Å². The fourth-order valence-electron chi connectivity index (χ4n) is 2.22. The average Bonchev–Trinajstić information content (AvgIpc) is 2.41. The molecule has 4 nitrogen and oxygen atoms in total. The van der Waals surface area contributed by atoms with Gasteiger partial charge in [0.1, 0.15) is 6.61 Å². The van der Waals surface area contributed by atoms with Gasteiger partial charge < -0.3 is 15.0 Å². The van der Waals surface area contributed by atoms with Gasteiger partial charge in [-0.25, -0.2) is 8.78 Å². The van der Waals surface area contributed by atoms with Gasteiger partial charge in [0.2, 0.25) is 5.91 Å². The first-order valence-corrected chi connectivity index (χ1v) is 6.97. The summed E-state index contributed by atoms with van der Waals surface area (Å²) in [5.41, 5.74) is 0. The number of carbonyl (C=O) groups is 1. The number of nitrogens with zero attached hydrogens (tertiary/aromatic N) is 1. The second-order valence-corrected chi connectivity index (χ2v) is 4.85. The van der Waals surface area contributed by atoms with Gasteiger partial charge in [-0.1, -0.05) is 6.92 Å². The van der Waals surface area contributed by atoms with Crippen molar-refractivity contribution in [2.75, 3.05) is 39.4 Å². The highest BCUT2D eigenvalue weighted by Crippen LogP contribution is 2.17. The zero-order valence-electron chi connectivity index (χ0n) is 11.5. The summed E-state index contributed by atoms with van der Waals surface area (Å²) in [6.07, 6.45) is -0.241. The standard InChI is InChI=1S/C13H24F2N2O2/c1-2-16-9-11-3-6-17(7-4-11)13(18)5-8-19-10-12(14)15/h11-12,16H,2-10H2,1H3. The largest absolute Gasteiger partial charge is 0.375 e. The third-order valence-corrected chi connectivity index (χ3v) is 3.35. The van der Waals surface area contributed by atoms with Crippen LogP contribution in [0.2, 0.25) is 0 Å². The lowest BCUT2D eigenvalue weighted by Crippen LogP contribution is -2.41. The molecular weight excluding hydrogens is 254 g/mol. The smallest absolute Gasteiger partial charge is 0.261 e. The maximum atomic E-state index is 11.8. The van der Waals surface area contributed by atoms with E-state index in [9.17, 15) is 13.6 Å². The van der Waals surface area contributed by atoms with E-state index in [1.54, 1.807) is 0 Å². The molecule has 1 N–H and O–H groups in total. The summed E-state index contributed by atoms with van der Waals surface area (Å²) in [4.78, 5) is 13.6. The van der Waals surface area contributed by atoms with Crippen molar-refractivity contribution in [2.24, 2.45) is 5.92 Å². The molecule has 0 unspecified atom stereocenters. The first-order valence-electron chi connectivity index (χ1n) is 6.97. The van der Waals surface area contributed by atoms with Crippen LogP contribution in [0.3, 0.4) is 0 Å². The third kappa shape index (κ3) is 6.82. The molecule has 0 aromatic carbocycles. The Labute approximate surface area is 113 Å². The lowest BCUT2D eigenvalue weighted by Gasteiger charge is -2.32. The number of alkyl halides is 2. The van der Waals surface area contributed by atoms with Crippen LogP contribution in [-0.4, -0.2) is 56.6 Å². The highest BCUT2D eigenvalue weighted by atomic mass is 19.3. The normalized spacial score (nSPS) is 17.2. The molecule has 1 saturated heterocycles. The number of amides is 1. The van der Waals surface area contributed by atoms with Crippen molar-refractivity contribution in [1.29, 1.82) is 0 Å². The highest BCUT2D eigenvalue weighted by molar-refractivity contribution is 5.76. The van der Waals surface area contributed by atoms with E-state index in [4.69, 9.17) is 4.74 Å². The molecule has 6 heteroatoms. The van der Waals surface area contributed by atoms with E-state index in [1.807, 2.05) is 4.90 Å². The maximum absolute atomic E-state index is 11.8. The molecule has 0 aromatic heterocycles. The van der Waals surface area contributed by atoms with Gasteiger partial charge in [-0.2, -0.15) is 0 Å². The molecule has 0 spiro atoms. The van der Waals surface area contributed by atoms with E-state index in [1.165, 1.54) is 0 Å². The van der Waals surface area contributed by atoms with Gasteiger partial charge >= 0.3 is 0 Å². The van der Waals surface area contributed by atoms with E-state index in [-0.39, 0.29) is 18.9 Å². The summed E-state index contributed by atoms with van der Waals surface area (Å²) >= 11 is 0. The molecule has 1 amide bonds. The predicted molar refractivity (Wildman–Crippen MR) is 69.3 cm³/mol. The van der Waals surface area contributed by atoms with Crippen molar-refractivity contribution in [2.45, 2.75) is 32.6 Å². The number of halogens is 2. The predicted octanol–water partition coefficient (Wildman–Crippen LogP) is 1.51. The molecule has 1 rings (SSSR count). The van der Waals surface area contributed by atoms with Gasteiger partial charge in [-0.15, -0.1) is 0 Å². The summed E-state index contributed by atoms with van der Waals surface area (Å²) in [6, 6.07) is 0. The zero-order valence-corrected chi connectivity index (χ0v) is 11.5. The highest BCUT2D eigenvalue weighted by Gasteiger charge is 2.22. The molecule has 1 aliphatic heterocycles. The van der Waals surface area contributed by atoms with Gasteiger partial charge in [-0.3, -0.25) is 4.79 Å². The molecule has 0 bridgehead atoms. The Balaban J connectivity index is 2.11. The number of carbonyl (C=O) groups excluding carboxylic acids is 1. The van der Waals surface area contributed by atoms with Gasteiger partial charge in [0.15, 0.2) is 0 Å². The first kappa shape index (κ1) is 16.3. The number of nitrogens with one attached hydrogen (secondary N) is 1. The van der Waals surface area contributed by atoms with Crippen molar-refractivity contribution < 1.29 is 18.3 Å². The Bertz CT molecular complexity index is 257. The van der Waals surface area contributed by atoms with E-state index in [0.717, 1.165) is 39.0 Å². The van der Waals surface area contributed by atoms with Gasteiger partial charge in [-0.05, 0) is 31.8 Å². The van der Waals surface area contributed by atoms with E-state index >= 15 is 0 Å². The molecule has 0 aromatic rings. The number of piperidine rings is 1. The average molecular weight is 278 g/mol. The summed E-state index contributed by atoms with van der Waals surface area (Å²) in [5, 5.41) is 3.32. The van der Waals surface area contributed by atoms with Crippen molar-refractivity contribution in [3.05, 3.63) is 0 Å². The summed E-state index contributed by atoms with van der Waals surface area (Å²) < 4.78 is 28.4. The Morgan fingerprint density at radius 3 is 2.68 bits per heavy atom. The fraction of sp³-hybridized carbons (Fsp3) is 0.923. The van der Waals surface area contributed by atoms with E-state index in [2.05, 4.69) is 12.2 Å². The van der Waals surface area contributed by atoms with Crippen LogP contribution in [0.5, 0.6) is 0 Å². The van der Waals surface area contributed by atoms with Crippen molar-refractivity contribution in [1.82, 2.24) is 10.2 Å². The Morgan fingerprint density at radius 2 is 2.11 bits per heavy atom. The van der Waals surface area contributed by atoms with E-state index < -0.39 is 13.0 Å². The van der Waals surface area contributed by atoms with Crippen LogP contribution in [0, 0.1) is 5.92 Å². The van der Waals surface area contributed by atoms with Crippen LogP contribution >= 0.6 is 0 Å². The lowest BCUT2D eigenvalue weighted by atomic mass is 9.96. The quantitative estimate of drug-likeness (QED) is 0.684.